The summed E-state index contributed by atoms with van der Waals surface area (Å²) in [7, 11) is 0. The fourth-order valence-electron chi connectivity index (χ4n) is 1.60. The van der Waals surface area contributed by atoms with E-state index in [4.69, 9.17) is 15.7 Å². The van der Waals surface area contributed by atoms with Gasteiger partial charge in [0.2, 0.25) is 0 Å². The fourth-order valence-corrected chi connectivity index (χ4v) is 2.36. The van der Waals surface area contributed by atoms with Crippen LogP contribution in [-0.2, 0) is 6.54 Å². The van der Waals surface area contributed by atoms with Crippen molar-refractivity contribution < 1.29 is 4.74 Å². The molecule has 0 spiro atoms. The van der Waals surface area contributed by atoms with Crippen LogP contribution < -0.4 is 10.5 Å². The summed E-state index contributed by atoms with van der Waals surface area (Å²) >= 11 is 1.34. The highest BCUT2D eigenvalue weighted by molar-refractivity contribution is 7.12. The van der Waals surface area contributed by atoms with E-state index in [-0.39, 0.29) is 0 Å². The standard InChI is InChI=1S/C13H13N3OS/c1-2-17-10-5-3-9(4-6-10)13-11(7-14)18-12(8-15)16-13/h3-6H,2,8,15H2,1H3. The van der Waals surface area contributed by atoms with Crippen LogP contribution in [0.15, 0.2) is 24.3 Å². The Morgan fingerprint density at radius 3 is 2.67 bits per heavy atom. The van der Waals surface area contributed by atoms with Crippen molar-refractivity contribution >= 4 is 11.3 Å². The van der Waals surface area contributed by atoms with Gasteiger partial charge in [0.1, 0.15) is 21.7 Å². The highest BCUT2D eigenvalue weighted by atomic mass is 32.1. The van der Waals surface area contributed by atoms with Gasteiger partial charge in [0.25, 0.3) is 0 Å². The number of aromatic nitrogens is 1. The zero-order valence-corrected chi connectivity index (χ0v) is 10.8. The average molecular weight is 259 g/mol. The Morgan fingerprint density at radius 1 is 1.39 bits per heavy atom. The Hall–Kier alpha value is -1.90. The summed E-state index contributed by atoms with van der Waals surface area (Å²) in [5.41, 5.74) is 7.16. The number of hydrogen-bond donors (Lipinski definition) is 1. The van der Waals surface area contributed by atoms with E-state index in [1.165, 1.54) is 11.3 Å². The van der Waals surface area contributed by atoms with Crippen LogP contribution in [0.1, 0.15) is 16.8 Å². The minimum Gasteiger partial charge on any atom is -0.494 e. The zero-order valence-electron chi connectivity index (χ0n) is 10.0. The lowest BCUT2D eigenvalue weighted by Gasteiger charge is -2.03. The molecule has 5 heteroatoms. The monoisotopic (exact) mass is 259 g/mol. The van der Waals surface area contributed by atoms with Gasteiger partial charge in [-0.3, -0.25) is 0 Å². The Morgan fingerprint density at radius 2 is 2.11 bits per heavy atom. The molecule has 18 heavy (non-hydrogen) atoms. The molecule has 0 atom stereocenters. The molecule has 1 aromatic carbocycles. The van der Waals surface area contributed by atoms with Gasteiger partial charge < -0.3 is 10.5 Å². The summed E-state index contributed by atoms with van der Waals surface area (Å²) in [6, 6.07) is 9.72. The van der Waals surface area contributed by atoms with Crippen LogP contribution in [0.25, 0.3) is 11.3 Å². The minimum atomic E-state index is 0.358. The second-order valence-corrected chi connectivity index (χ2v) is 4.64. The van der Waals surface area contributed by atoms with Crippen LogP contribution in [0, 0.1) is 11.3 Å². The van der Waals surface area contributed by atoms with Gasteiger partial charge in [-0.15, -0.1) is 11.3 Å². The van der Waals surface area contributed by atoms with E-state index in [9.17, 15) is 0 Å². The molecular weight excluding hydrogens is 246 g/mol. The number of nitrogens with zero attached hydrogens (tertiary/aromatic N) is 2. The van der Waals surface area contributed by atoms with Crippen LogP contribution in [0.3, 0.4) is 0 Å². The van der Waals surface area contributed by atoms with Gasteiger partial charge in [0.15, 0.2) is 0 Å². The lowest BCUT2D eigenvalue weighted by molar-refractivity contribution is 0.340. The first-order chi connectivity index (χ1) is 8.78. The van der Waals surface area contributed by atoms with Crippen molar-refractivity contribution in [2.24, 2.45) is 5.73 Å². The largest absolute Gasteiger partial charge is 0.494 e. The molecule has 1 aromatic heterocycles. The summed E-state index contributed by atoms with van der Waals surface area (Å²) in [4.78, 5) is 4.97. The molecule has 0 saturated heterocycles. The summed E-state index contributed by atoms with van der Waals surface area (Å²) in [5, 5.41) is 9.86. The smallest absolute Gasteiger partial charge is 0.132 e. The average Bonchev–Trinajstić information content (AvgIpc) is 2.83. The highest BCUT2D eigenvalue weighted by Gasteiger charge is 2.12. The van der Waals surface area contributed by atoms with Crippen LogP contribution in [-0.4, -0.2) is 11.6 Å². The maximum atomic E-state index is 9.08. The molecule has 2 aromatic rings. The van der Waals surface area contributed by atoms with Gasteiger partial charge >= 0.3 is 0 Å². The third kappa shape index (κ3) is 2.50. The topological polar surface area (TPSA) is 71.9 Å². The molecule has 2 rings (SSSR count). The number of ether oxygens (including phenoxy) is 1. The number of nitriles is 1. The number of rotatable bonds is 4. The molecule has 4 nitrogen and oxygen atoms in total. The maximum absolute atomic E-state index is 9.08. The molecule has 0 amide bonds. The van der Waals surface area contributed by atoms with Crippen molar-refractivity contribution in [2.45, 2.75) is 13.5 Å². The third-order valence-corrected chi connectivity index (χ3v) is 3.37. The predicted octanol–water partition coefficient (Wildman–Crippen LogP) is 2.54. The molecule has 1 heterocycles. The van der Waals surface area contributed by atoms with Crippen LogP contribution >= 0.6 is 11.3 Å². The van der Waals surface area contributed by atoms with Gasteiger partial charge in [-0.05, 0) is 31.2 Å². The molecule has 0 fully saturated rings. The Balaban J connectivity index is 2.36. The Labute approximate surface area is 110 Å². The molecular formula is C13H13N3OS. The van der Waals surface area contributed by atoms with E-state index in [2.05, 4.69) is 11.1 Å². The molecule has 92 valence electrons. The third-order valence-electron chi connectivity index (χ3n) is 2.39. The molecule has 0 bridgehead atoms. The first kappa shape index (κ1) is 12.6. The first-order valence-corrected chi connectivity index (χ1v) is 6.43. The highest BCUT2D eigenvalue weighted by Crippen LogP contribution is 2.28. The van der Waals surface area contributed by atoms with Gasteiger partial charge in [-0.1, -0.05) is 0 Å². The molecule has 0 unspecified atom stereocenters. The van der Waals surface area contributed by atoms with Crippen molar-refractivity contribution in [3.05, 3.63) is 34.2 Å². The Bertz CT molecular complexity index is 569. The number of benzene rings is 1. The van der Waals surface area contributed by atoms with Crippen molar-refractivity contribution in [2.75, 3.05) is 6.61 Å². The molecule has 0 aliphatic heterocycles. The zero-order chi connectivity index (χ0) is 13.0. The molecule has 0 saturated carbocycles. The molecule has 2 N–H and O–H groups in total. The van der Waals surface area contributed by atoms with E-state index >= 15 is 0 Å². The summed E-state index contributed by atoms with van der Waals surface area (Å²) < 4.78 is 5.38. The Kier molecular flexibility index (Phi) is 3.92. The van der Waals surface area contributed by atoms with Gasteiger partial charge in [0.05, 0.1) is 12.3 Å². The second kappa shape index (κ2) is 5.63. The molecule has 0 radical (unpaired) electrons. The maximum Gasteiger partial charge on any atom is 0.132 e. The van der Waals surface area contributed by atoms with Crippen molar-refractivity contribution in [1.82, 2.24) is 4.98 Å². The van der Waals surface area contributed by atoms with E-state index in [1.807, 2.05) is 31.2 Å². The van der Waals surface area contributed by atoms with Crippen molar-refractivity contribution in [3.63, 3.8) is 0 Å². The van der Waals surface area contributed by atoms with E-state index in [0.29, 0.717) is 23.7 Å². The second-order valence-electron chi connectivity index (χ2n) is 3.56. The van der Waals surface area contributed by atoms with Gasteiger partial charge in [0, 0.05) is 12.1 Å². The fraction of sp³-hybridized carbons (Fsp3) is 0.231. The minimum absolute atomic E-state index is 0.358. The predicted molar refractivity (Wildman–Crippen MR) is 71.3 cm³/mol. The lowest BCUT2D eigenvalue weighted by atomic mass is 10.1. The van der Waals surface area contributed by atoms with Crippen molar-refractivity contribution in [1.29, 1.82) is 5.26 Å². The van der Waals surface area contributed by atoms with Gasteiger partial charge in [-0.25, -0.2) is 4.98 Å². The summed E-state index contributed by atoms with van der Waals surface area (Å²) in [6.45, 7) is 2.93. The van der Waals surface area contributed by atoms with Gasteiger partial charge in [-0.2, -0.15) is 5.26 Å². The van der Waals surface area contributed by atoms with Crippen LogP contribution in [0.4, 0.5) is 0 Å². The first-order valence-electron chi connectivity index (χ1n) is 5.61. The van der Waals surface area contributed by atoms with Crippen LogP contribution in [0.2, 0.25) is 0 Å². The van der Waals surface area contributed by atoms with E-state index in [0.717, 1.165) is 16.3 Å². The van der Waals surface area contributed by atoms with E-state index in [1.54, 1.807) is 0 Å². The lowest BCUT2D eigenvalue weighted by Crippen LogP contribution is -1.94. The molecule has 0 aliphatic carbocycles. The number of thiazole rings is 1. The van der Waals surface area contributed by atoms with Crippen molar-refractivity contribution in [3.8, 4) is 23.1 Å². The van der Waals surface area contributed by atoms with E-state index < -0.39 is 0 Å². The van der Waals surface area contributed by atoms with Crippen LogP contribution in [0.5, 0.6) is 5.75 Å². The normalized spacial score (nSPS) is 10.1. The number of hydrogen-bond acceptors (Lipinski definition) is 5. The number of nitrogens with two attached hydrogens (primary N) is 1. The summed E-state index contributed by atoms with van der Waals surface area (Å²) in [5.74, 6) is 0.814. The molecule has 0 aliphatic rings. The summed E-state index contributed by atoms with van der Waals surface area (Å²) in [6.07, 6.45) is 0. The quantitative estimate of drug-likeness (QED) is 0.915. The SMILES string of the molecule is CCOc1ccc(-c2nc(CN)sc2C#N)cc1.